The van der Waals surface area contributed by atoms with Crippen LogP contribution in [0.3, 0.4) is 0 Å². The van der Waals surface area contributed by atoms with Gasteiger partial charge in [0.15, 0.2) is 5.82 Å². The van der Waals surface area contributed by atoms with Crippen molar-refractivity contribution in [1.29, 1.82) is 0 Å². The molecular weight excluding hydrogens is 246 g/mol. The van der Waals surface area contributed by atoms with E-state index in [-0.39, 0.29) is 12.6 Å². The van der Waals surface area contributed by atoms with Crippen LogP contribution in [0.25, 0.3) is 0 Å². The first-order chi connectivity index (χ1) is 9.04. The van der Waals surface area contributed by atoms with E-state index in [1.165, 1.54) is 0 Å². The number of hydrogen-bond acceptors (Lipinski definition) is 4. The highest BCUT2D eigenvalue weighted by Gasteiger charge is 2.24. The first-order valence-corrected chi connectivity index (χ1v) is 6.58. The average Bonchev–Trinajstić information content (AvgIpc) is 2.84. The normalized spacial score (nSPS) is 13.9. The zero-order valence-corrected chi connectivity index (χ0v) is 11.8. The van der Waals surface area contributed by atoms with Crippen molar-refractivity contribution in [3.05, 3.63) is 12.2 Å². The van der Waals surface area contributed by atoms with Crippen molar-refractivity contribution in [3.63, 3.8) is 0 Å². The zero-order chi connectivity index (χ0) is 14.3. The van der Waals surface area contributed by atoms with Crippen LogP contribution in [-0.2, 0) is 13.1 Å². The fraction of sp³-hybridized carbons (Fsp3) is 0.750. The molecule has 7 heteroatoms. The third-order valence-electron chi connectivity index (χ3n) is 3.01. The van der Waals surface area contributed by atoms with E-state index in [0.717, 1.165) is 19.4 Å². The Morgan fingerprint density at radius 3 is 2.84 bits per heavy atom. The van der Waals surface area contributed by atoms with Gasteiger partial charge in [-0.3, -0.25) is 0 Å². The van der Waals surface area contributed by atoms with Crippen LogP contribution in [0.15, 0.2) is 6.33 Å². The maximum atomic E-state index is 11.8. The Balaban J connectivity index is 2.47. The molecule has 1 aromatic rings. The molecule has 0 aliphatic rings. The molecule has 19 heavy (non-hydrogen) atoms. The number of rotatable bonds is 7. The van der Waals surface area contributed by atoms with Crippen LogP contribution in [0.5, 0.6) is 0 Å². The summed E-state index contributed by atoms with van der Waals surface area (Å²) in [4.78, 5) is 11.8. The molecule has 1 aromatic heterocycles. The highest BCUT2D eigenvalue weighted by atomic mass is 16.3. The van der Waals surface area contributed by atoms with E-state index in [2.05, 4.69) is 20.8 Å². The number of aliphatic hydroxyl groups excluding tert-OH is 1. The topological polar surface area (TPSA) is 92.1 Å². The lowest BCUT2D eigenvalue weighted by Gasteiger charge is -2.28. The Morgan fingerprint density at radius 2 is 2.26 bits per heavy atom. The highest BCUT2D eigenvalue weighted by molar-refractivity contribution is 5.74. The second kappa shape index (κ2) is 7.08. The molecule has 0 aromatic carbocycles. The van der Waals surface area contributed by atoms with Gasteiger partial charge in [0.05, 0.1) is 18.7 Å². The Hall–Kier alpha value is -1.63. The summed E-state index contributed by atoms with van der Waals surface area (Å²) >= 11 is 0. The molecule has 1 atom stereocenters. The van der Waals surface area contributed by atoms with Gasteiger partial charge in [0, 0.05) is 6.54 Å². The van der Waals surface area contributed by atoms with Gasteiger partial charge in [0.25, 0.3) is 0 Å². The summed E-state index contributed by atoms with van der Waals surface area (Å²) in [6.45, 7) is 6.81. The molecule has 0 saturated heterocycles. The van der Waals surface area contributed by atoms with Crippen molar-refractivity contribution in [2.24, 2.45) is 0 Å². The summed E-state index contributed by atoms with van der Waals surface area (Å²) in [5, 5.41) is 22.6. The van der Waals surface area contributed by atoms with Crippen molar-refractivity contribution in [3.8, 4) is 0 Å². The average molecular weight is 269 g/mol. The van der Waals surface area contributed by atoms with Gasteiger partial charge in [-0.25, -0.2) is 4.79 Å². The van der Waals surface area contributed by atoms with Crippen LogP contribution in [0.4, 0.5) is 4.79 Å². The van der Waals surface area contributed by atoms with Crippen LogP contribution >= 0.6 is 0 Å². The predicted molar refractivity (Wildman–Crippen MR) is 71.5 cm³/mol. The van der Waals surface area contributed by atoms with Crippen LogP contribution in [0.2, 0.25) is 0 Å². The van der Waals surface area contributed by atoms with Crippen LogP contribution in [-0.4, -0.2) is 38.0 Å². The van der Waals surface area contributed by atoms with Crippen molar-refractivity contribution in [2.75, 3.05) is 6.61 Å². The number of nitrogens with one attached hydrogen (secondary N) is 2. The minimum atomic E-state index is -0.586. The molecular formula is C12H23N5O2. The van der Waals surface area contributed by atoms with Gasteiger partial charge in [-0.1, -0.05) is 13.3 Å². The van der Waals surface area contributed by atoms with Gasteiger partial charge in [-0.2, -0.15) is 0 Å². The maximum Gasteiger partial charge on any atom is 0.315 e. The van der Waals surface area contributed by atoms with Gasteiger partial charge < -0.3 is 20.3 Å². The van der Waals surface area contributed by atoms with Gasteiger partial charge in [0.2, 0.25) is 0 Å². The quantitative estimate of drug-likeness (QED) is 0.677. The van der Waals surface area contributed by atoms with E-state index < -0.39 is 5.54 Å². The van der Waals surface area contributed by atoms with E-state index >= 15 is 0 Å². The first kappa shape index (κ1) is 15.4. The summed E-state index contributed by atoms with van der Waals surface area (Å²) < 4.78 is 1.86. The number of hydrogen-bond donors (Lipinski definition) is 3. The third kappa shape index (κ3) is 4.51. The monoisotopic (exact) mass is 269 g/mol. The number of aliphatic hydroxyl groups is 1. The molecule has 2 amide bonds. The summed E-state index contributed by atoms with van der Waals surface area (Å²) in [5.74, 6) is 0.707. The number of carbonyl (C=O) groups is 1. The standard InChI is InChI=1S/C12H23N5O2/c1-4-6-12(3,8-18)15-11(19)13-7-10-16-14-9-17(10)5-2/h9,18H,4-8H2,1-3H3,(H2,13,15,19)/t12-/m1/s1. The lowest BCUT2D eigenvalue weighted by atomic mass is 9.98. The minimum absolute atomic E-state index is 0.0839. The SMILES string of the molecule is CCC[C@](C)(CO)NC(=O)NCc1nncn1CC. The Morgan fingerprint density at radius 1 is 1.53 bits per heavy atom. The second-order valence-corrected chi connectivity index (χ2v) is 4.81. The molecule has 0 bridgehead atoms. The summed E-state index contributed by atoms with van der Waals surface area (Å²) in [5.41, 5.74) is -0.586. The lowest BCUT2D eigenvalue weighted by molar-refractivity contribution is 0.163. The largest absolute Gasteiger partial charge is 0.394 e. The summed E-state index contributed by atoms with van der Waals surface area (Å²) in [6, 6.07) is -0.310. The molecule has 0 aliphatic carbocycles. The second-order valence-electron chi connectivity index (χ2n) is 4.81. The van der Waals surface area contributed by atoms with E-state index in [0.29, 0.717) is 12.4 Å². The van der Waals surface area contributed by atoms with Gasteiger partial charge in [0.1, 0.15) is 6.33 Å². The Labute approximate surface area is 113 Å². The van der Waals surface area contributed by atoms with Gasteiger partial charge in [-0.05, 0) is 20.3 Å². The van der Waals surface area contributed by atoms with Crippen LogP contribution < -0.4 is 10.6 Å². The first-order valence-electron chi connectivity index (χ1n) is 6.58. The number of nitrogens with zero attached hydrogens (tertiary/aromatic N) is 3. The fourth-order valence-corrected chi connectivity index (χ4v) is 1.89. The van der Waals surface area contributed by atoms with E-state index in [9.17, 15) is 9.90 Å². The Bertz CT molecular complexity index is 407. The van der Waals surface area contributed by atoms with Gasteiger partial charge in [-0.15, -0.1) is 10.2 Å². The molecule has 0 fully saturated rings. The number of amides is 2. The van der Waals surface area contributed by atoms with E-state index in [1.807, 2.05) is 25.3 Å². The van der Waals surface area contributed by atoms with Crippen molar-refractivity contribution < 1.29 is 9.90 Å². The van der Waals surface area contributed by atoms with Crippen LogP contribution in [0, 0.1) is 0 Å². The van der Waals surface area contributed by atoms with Crippen molar-refractivity contribution in [2.45, 2.75) is 52.2 Å². The molecule has 3 N–H and O–H groups in total. The van der Waals surface area contributed by atoms with E-state index in [4.69, 9.17) is 0 Å². The molecule has 0 spiro atoms. The molecule has 1 heterocycles. The molecule has 0 aliphatic heterocycles. The molecule has 0 radical (unpaired) electrons. The zero-order valence-electron chi connectivity index (χ0n) is 11.8. The predicted octanol–water partition coefficient (Wildman–Crippen LogP) is 0.648. The molecule has 1 rings (SSSR count). The fourth-order valence-electron chi connectivity index (χ4n) is 1.89. The van der Waals surface area contributed by atoms with Crippen molar-refractivity contribution in [1.82, 2.24) is 25.4 Å². The maximum absolute atomic E-state index is 11.8. The number of urea groups is 1. The molecule has 0 saturated carbocycles. The number of aryl methyl sites for hydroxylation is 1. The number of carbonyl (C=O) groups excluding carboxylic acids is 1. The smallest absolute Gasteiger partial charge is 0.315 e. The summed E-state index contributed by atoms with van der Waals surface area (Å²) in [6.07, 6.45) is 3.24. The molecule has 0 unspecified atom stereocenters. The highest BCUT2D eigenvalue weighted by Crippen LogP contribution is 2.10. The molecule has 7 nitrogen and oxygen atoms in total. The van der Waals surface area contributed by atoms with Crippen LogP contribution in [0.1, 0.15) is 39.4 Å². The lowest BCUT2D eigenvalue weighted by Crippen LogP contribution is -2.52. The Kier molecular flexibility index (Phi) is 5.75. The van der Waals surface area contributed by atoms with E-state index in [1.54, 1.807) is 6.33 Å². The van der Waals surface area contributed by atoms with Gasteiger partial charge >= 0.3 is 6.03 Å². The number of aromatic nitrogens is 3. The third-order valence-corrected chi connectivity index (χ3v) is 3.01. The summed E-state index contributed by atoms with van der Waals surface area (Å²) in [7, 11) is 0. The minimum Gasteiger partial charge on any atom is -0.394 e. The molecule has 108 valence electrons. The van der Waals surface area contributed by atoms with Crippen molar-refractivity contribution >= 4 is 6.03 Å².